The van der Waals surface area contributed by atoms with E-state index in [4.69, 9.17) is 9.47 Å². The molecule has 2 amide bonds. The second-order valence-electron chi connectivity index (χ2n) is 8.39. The first-order valence-corrected chi connectivity index (χ1v) is 12.2. The van der Waals surface area contributed by atoms with E-state index >= 15 is 0 Å². The van der Waals surface area contributed by atoms with Gasteiger partial charge in [0, 0.05) is 26.1 Å². The second kappa shape index (κ2) is 15.0. The van der Waals surface area contributed by atoms with Crippen LogP contribution >= 0.6 is 0 Å². The number of nitrogens with one attached hydrogen (secondary N) is 1. The van der Waals surface area contributed by atoms with E-state index in [1.165, 1.54) is 12.1 Å². The first-order chi connectivity index (χ1) is 16.9. The van der Waals surface area contributed by atoms with Gasteiger partial charge >= 0.3 is 12.0 Å². The van der Waals surface area contributed by atoms with E-state index in [0.717, 1.165) is 24.0 Å². The number of carboxylic acid groups (broad SMARTS) is 1. The van der Waals surface area contributed by atoms with Gasteiger partial charge in [-0.2, -0.15) is 0 Å². The van der Waals surface area contributed by atoms with Crippen LogP contribution in [0.15, 0.2) is 48.5 Å². The van der Waals surface area contributed by atoms with Gasteiger partial charge in [0.15, 0.2) is 6.10 Å². The Balaban J connectivity index is 1.91. The fraction of sp³-hybridized carbons (Fsp3) is 0.481. The summed E-state index contributed by atoms with van der Waals surface area (Å²) in [4.78, 5) is 25.9. The Kier molecular flexibility index (Phi) is 12.0. The molecule has 192 valence electrons. The van der Waals surface area contributed by atoms with Gasteiger partial charge in [0.25, 0.3) is 0 Å². The summed E-state index contributed by atoms with van der Waals surface area (Å²) in [7, 11) is 0. The molecule has 0 aliphatic carbocycles. The number of aliphatic carboxylic acids is 1. The molecule has 1 atom stereocenters. The molecule has 0 saturated heterocycles. The maximum atomic E-state index is 13.1. The maximum Gasteiger partial charge on any atom is 0.333 e. The molecule has 0 bridgehead atoms. The Morgan fingerprint density at radius 1 is 1.00 bits per heavy atom. The molecule has 0 spiro atoms. The minimum Gasteiger partial charge on any atom is -0.492 e. The van der Waals surface area contributed by atoms with Crippen LogP contribution in [0, 0.1) is 11.7 Å². The van der Waals surface area contributed by atoms with Crippen molar-refractivity contribution < 1.29 is 28.6 Å². The quantitative estimate of drug-likeness (QED) is 0.373. The zero-order valence-electron chi connectivity index (χ0n) is 20.8. The number of carbonyl (C=O) groups excluding carboxylic acids is 1. The highest BCUT2D eigenvalue weighted by atomic mass is 19.1. The summed E-state index contributed by atoms with van der Waals surface area (Å²) in [6.07, 6.45) is 1.35. The third-order valence-electron chi connectivity index (χ3n) is 5.90. The fourth-order valence-corrected chi connectivity index (χ4v) is 3.65. The molecule has 7 nitrogen and oxygen atoms in total. The lowest BCUT2D eigenvalue weighted by molar-refractivity contribution is -0.149. The standard InChI is InChI=1S/C27H37FN2O5/c1-4-20(5-2)19-30(27(33)29-18-22-7-11-23(28)12-8-22)15-16-35-24-13-9-21(10-14-24)17-25(26(31)32)34-6-3/h7-14,20,25H,4-6,15-19H2,1-3H3,(H,29,33)(H,31,32). The first kappa shape index (κ1) is 28.1. The number of amides is 2. The summed E-state index contributed by atoms with van der Waals surface area (Å²) in [6.45, 7) is 8.01. The van der Waals surface area contributed by atoms with Gasteiger partial charge in [-0.15, -0.1) is 0 Å². The van der Waals surface area contributed by atoms with Gasteiger partial charge < -0.3 is 24.8 Å². The van der Waals surface area contributed by atoms with Gasteiger partial charge in [-0.1, -0.05) is 51.0 Å². The topological polar surface area (TPSA) is 88.1 Å². The summed E-state index contributed by atoms with van der Waals surface area (Å²) in [6, 6.07) is 13.1. The number of carboxylic acids is 1. The van der Waals surface area contributed by atoms with Crippen LogP contribution in [0.3, 0.4) is 0 Å². The molecule has 0 aromatic heterocycles. The SMILES string of the molecule is CCOC(Cc1ccc(OCCN(CC(CC)CC)C(=O)NCc2ccc(F)cc2)cc1)C(=O)O. The number of urea groups is 1. The predicted molar refractivity (Wildman–Crippen MR) is 133 cm³/mol. The third kappa shape index (κ3) is 9.94. The molecule has 0 saturated carbocycles. The monoisotopic (exact) mass is 488 g/mol. The number of rotatable bonds is 15. The average Bonchev–Trinajstić information content (AvgIpc) is 2.86. The molecular formula is C27H37FN2O5. The second-order valence-corrected chi connectivity index (χ2v) is 8.39. The minimum atomic E-state index is -0.984. The van der Waals surface area contributed by atoms with Crippen molar-refractivity contribution in [1.82, 2.24) is 10.2 Å². The van der Waals surface area contributed by atoms with E-state index in [0.29, 0.717) is 44.5 Å². The minimum absolute atomic E-state index is 0.184. The highest BCUT2D eigenvalue weighted by molar-refractivity contribution is 5.74. The Hall–Kier alpha value is -3.13. The largest absolute Gasteiger partial charge is 0.492 e. The normalized spacial score (nSPS) is 11.8. The third-order valence-corrected chi connectivity index (χ3v) is 5.90. The molecule has 1 unspecified atom stereocenters. The van der Waals surface area contributed by atoms with E-state index in [-0.39, 0.29) is 18.3 Å². The van der Waals surface area contributed by atoms with Crippen LogP contribution < -0.4 is 10.1 Å². The molecule has 2 aromatic carbocycles. The van der Waals surface area contributed by atoms with Crippen LogP contribution in [0.1, 0.15) is 44.7 Å². The number of benzene rings is 2. The maximum absolute atomic E-state index is 13.1. The molecule has 35 heavy (non-hydrogen) atoms. The Morgan fingerprint density at radius 3 is 2.20 bits per heavy atom. The van der Waals surface area contributed by atoms with Gasteiger partial charge in [0.2, 0.25) is 0 Å². The predicted octanol–water partition coefficient (Wildman–Crippen LogP) is 4.88. The van der Waals surface area contributed by atoms with Crippen molar-refractivity contribution in [3.63, 3.8) is 0 Å². The van der Waals surface area contributed by atoms with Gasteiger partial charge in [0.1, 0.15) is 18.2 Å². The van der Waals surface area contributed by atoms with Crippen molar-refractivity contribution >= 4 is 12.0 Å². The summed E-state index contributed by atoms with van der Waals surface area (Å²) in [5.74, 6) is -0.260. The van der Waals surface area contributed by atoms with E-state index in [1.807, 2.05) is 12.1 Å². The summed E-state index contributed by atoms with van der Waals surface area (Å²) < 4.78 is 24.2. The molecular weight excluding hydrogens is 451 g/mol. The molecule has 8 heteroatoms. The van der Waals surface area contributed by atoms with E-state index in [1.54, 1.807) is 36.1 Å². The molecule has 2 N–H and O–H groups in total. The molecule has 0 aliphatic rings. The van der Waals surface area contributed by atoms with E-state index in [2.05, 4.69) is 19.2 Å². The van der Waals surface area contributed by atoms with Gasteiger partial charge in [-0.3, -0.25) is 0 Å². The van der Waals surface area contributed by atoms with E-state index in [9.17, 15) is 19.1 Å². The van der Waals surface area contributed by atoms with Crippen LogP contribution in [-0.2, 0) is 22.5 Å². The van der Waals surface area contributed by atoms with Crippen molar-refractivity contribution in [2.45, 2.75) is 52.7 Å². The van der Waals surface area contributed by atoms with Gasteiger partial charge in [-0.05, 0) is 48.2 Å². The van der Waals surface area contributed by atoms with Crippen molar-refractivity contribution in [2.24, 2.45) is 5.92 Å². The number of hydrogen-bond acceptors (Lipinski definition) is 4. The molecule has 0 fully saturated rings. The smallest absolute Gasteiger partial charge is 0.333 e. The van der Waals surface area contributed by atoms with Crippen LogP contribution in [0.25, 0.3) is 0 Å². The molecule has 2 aromatic rings. The van der Waals surface area contributed by atoms with Crippen LogP contribution in [0.4, 0.5) is 9.18 Å². The molecule has 0 radical (unpaired) electrons. The number of carbonyl (C=O) groups is 2. The lowest BCUT2D eigenvalue weighted by Crippen LogP contribution is -2.44. The molecule has 0 aliphatic heterocycles. The van der Waals surface area contributed by atoms with Gasteiger partial charge in [-0.25, -0.2) is 14.0 Å². The lowest BCUT2D eigenvalue weighted by Gasteiger charge is -2.27. The highest BCUT2D eigenvalue weighted by Gasteiger charge is 2.19. The lowest BCUT2D eigenvalue weighted by atomic mass is 10.0. The van der Waals surface area contributed by atoms with Crippen molar-refractivity contribution in [1.29, 1.82) is 0 Å². The number of hydrogen-bond donors (Lipinski definition) is 2. The van der Waals surface area contributed by atoms with Crippen molar-refractivity contribution in [2.75, 3.05) is 26.3 Å². The van der Waals surface area contributed by atoms with Crippen molar-refractivity contribution in [3.05, 3.63) is 65.5 Å². The fourth-order valence-electron chi connectivity index (χ4n) is 3.65. The zero-order valence-corrected chi connectivity index (χ0v) is 20.8. The highest BCUT2D eigenvalue weighted by Crippen LogP contribution is 2.15. The van der Waals surface area contributed by atoms with Crippen LogP contribution in [0.2, 0.25) is 0 Å². The molecule has 2 rings (SSSR count). The Morgan fingerprint density at radius 2 is 1.63 bits per heavy atom. The number of ether oxygens (including phenoxy) is 2. The van der Waals surface area contributed by atoms with Crippen molar-refractivity contribution in [3.8, 4) is 5.75 Å². The summed E-state index contributed by atoms with van der Waals surface area (Å²) in [5, 5.41) is 12.2. The Bertz CT molecular complexity index is 901. The van der Waals surface area contributed by atoms with E-state index < -0.39 is 12.1 Å². The average molecular weight is 489 g/mol. The first-order valence-electron chi connectivity index (χ1n) is 12.2. The zero-order chi connectivity index (χ0) is 25.6. The van der Waals surface area contributed by atoms with Crippen LogP contribution in [-0.4, -0.2) is 54.4 Å². The van der Waals surface area contributed by atoms with Gasteiger partial charge in [0.05, 0.1) is 6.54 Å². The Labute approximate surface area is 207 Å². The van der Waals surface area contributed by atoms with Crippen LogP contribution in [0.5, 0.6) is 5.75 Å². The number of nitrogens with zero attached hydrogens (tertiary/aromatic N) is 1. The summed E-state index contributed by atoms with van der Waals surface area (Å²) in [5.41, 5.74) is 1.67. The number of halogens is 1. The summed E-state index contributed by atoms with van der Waals surface area (Å²) >= 11 is 0. The molecule has 0 heterocycles.